The Balaban J connectivity index is 1.61. The molecule has 3 rings (SSSR count). The fourth-order valence-corrected chi connectivity index (χ4v) is 3.29. The van der Waals surface area contributed by atoms with Crippen LogP contribution in [-0.4, -0.2) is 38.5 Å². The first-order valence-corrected chi connectivity index (χ1v) is 8.24. The number of aryl methyl sites for hydroxylation is 1. The number of carbonyl (C=O) groups is 1. The van der Waals surface area contributed by atoms with Crippen LogP contribution in [0.25, 0.3) is 0 Å². The number of ether oxygens (including phenoxy) is 1. The molecule has 1 aliphatic rings. The van der Waals surface area contributed by atoms with Crippen LogP contribution < -0.4 is 0 Å². The van der Waals surface area contributed by atoms with Crippen molar-refractivity contribution in [1.29, 1.82) is 0 Å². The Labute approximate surface area is 133 Å². The van der Waals surface area contributed by atoms with Crippen LogP contribution in [0.5, 0.6) is 0 Å². The third kappa shape index (κ3) is 3.53. The molecule has 118 valence electrons. The molecular formula is C15H20N4O2S. The lowest BCUT2D eigenvalue weighted by molar-refractivity contribution is -0.130. The van der Waals surface area contributed by atoms with Crippen LogP contribution in [0.1, 0.15) is 23.4 Å². The molecule has 2 aromatic rings. The van der Waals surface area contributed by atoms with E-state index in [1.54, 1.807) is 24.5 Å². The van der Waals surface area contributed by atoms with Gasteiger partial charge in [-0.05, 0) is 6.92 Å². The standard InChI is InChI=1S/C15H20N4O2S/c1-11-17-14(10-22-11)9-21-8-13-5-18-4-3-16-15(18)7-19(6-13)12(2)20/h3-4,10,13H,5-9H2,1-2H3. The quantitative estimate of drug-likeness (QED) is 0.862. The van der Waals surface area contributed by atoms with E-state index in [0.29, 0.717) is 26.3 Å². The number of imidazole rings is 1. The number of fused-ring (bicyclic) bond motifs is 1. The molecule has 1 atom stereocenters. The van der Waals surface area contributed by atoms with Gasteiger partial charge in [-0.1, -0.05) is 0 Å². The molecule has 3 heterocycles. The van der Waals surface area contributed by atoms with E-state index in [2.05, 4.69) is 14.5 Å². The Hall–Kier alpha value is -1.73. The number of thiazole rings is 1. The van der Waals surface area contributed by atoms with Gasteiger partial charge in [0, 0.05) is 43.7 Å². The van der Waals surface area contributed by atoms with Gasteiger partial charge in [0.05, 0.1) is 30.5 Å². The van der Waals surface area contributed by atoms with Crippen LogP contribution in [0.4, 0.5) is 0 Å². The molecule has 0 fully saturated rings. The smallest absolute Gasteiger partial charge is 0.219 e. The van der Waals surface area contributed by atoms with E-state index in [9.17, 15) is 4.79 Å². The maximum absolute atomic E-state index is 11.8. The molecule has 0 aliphatic carbocycles. The molecule has 1 aliphatic heterocycles. The molecule has 1 unspecified atom stereocenters. The summed E-state index contributed by atoms with van der Waals surface area (Å²) in [4.78, 5) is 22.3. The van der Waals surface area contributed by atoms with Gasteiger partial charge in [0.2, 0.25) is 5.91 Å². The summed E-state index contributed by atoms with van der Waals surface area (Å²) in [5.41, 5.74) is 0.975. The largest absolute Gasteiger partial charge is 0.375 e. The van der Waals surface area contributed by atoms with Crippen molar-refractivity contribution in [1.82, 2.24) is 19.4 Å². The zero-order valence-corrected chi connectivity index (χ0v) is 13.7. The first-order chi connectivity index (χ1) is 10.6. The minimum Gasteiger partial charge on any atom is -0.375 e. The van der Waals surface area contributed by atoms with Gasteiger partial charge in [0.25, 0.3) is 0 Å². The number of hydrogen-bond acceptors (Lipinski definition) is 5. The highest BCUT2D eigenvalue weighted by Gasteiger charge is 2.24. The van der Waals surface area contributed by atoms with Crippen LogP contribution in [0.2, 0.25) is 0 Å². The minimum atomic E-state index is 0.0802. The SMILES string of the molecule is CC(=O)N1Cc2nccn2CC(COCc2csc(C)n2)C1. The molecular weight excluding hydrogens is 300 g/mol. The van der Waals surface area contributed by atoms with Crippen molar-refractivity contribution in [2.24, 2.45) is 5.92 Å². The predicted octanol–water partition coefficient (Wildman–Crippen LogP) is 1.84. The lowest BCUT2D eigenvalue weighted by atomic mass is 10.1. The molecule has 0 N–H and O–H groups in total. The highest BCUT2D eigenvalue weighted by molar-refractivity contribution is 7.09. The van der Waals surface area contributed by atoms with Crippen LogP contribution in [-0.2, 0) is 29.2 Å². The second-order valence-electron chi connectivity index (χ2n) is 5.63. The molecule has 0 radical (unpaired) electrons. The summed E-state index contributed by atoms with van der Waals surface area (Å²) in [6.07, 6.45) is 3.75. The van der Waals surface area contributed by atoms with Crippen LogP contribution >= 0.6 is 11.3 Å². The molecule has 0 bridgehead atoms. The Morgan fingerprint density at radius 1 is 1.50 bits per heavy atom. The fraction of sp³-hybridized carbons (Fsp3) is 0.533. The zero-order valence-electron chi connectivity index (χ0n) is 12.9. The van der Waals surface area contributed by atoms with Crippen molar-refractivity contribution in [3.8, 4) is 0 Å². The van der Waals surface area contributed by atoms with Gasteiger partial charge in [0.1, 0.15) is 5.82 Å². The van der Waals surface area contributed by atoms with Gasteiger partial charge in [-0.2, -0.15) is 0 Å². The first kappa shape index (κ1) is 15.2. The molecule has 2 aromatic heterocycles. The monoisotopic (exact) mass is 320 g/mol. The Morgan fingerprint density at radius 2 is 2.36 bits per heavy atom. The molecule has 0 saturated carbocycles. The summed E-state index contributed by atoms with van der Waals surface area (Å²) < 4.78 is 7.94. The average Bonchev–Trinajstić information content (AvgIpc) is 3.03. The van der Waals surface area contributed by atoms with E-state index >= 15 is 0 Å². The topological polar surface area (TPSA) is 60.2 Å². The summed E-state index contributed by atoms with van der Waals surface area (Å²) in [6.45, 7) is 6.84. The molecule has 0 saturated heterocycles. The van der Waals surface area contributed by atoms with Crippen LogP contribution in [0, 0.1) is 12.8 Å². The second-order valence-corrected chi connectivity index (χ2v) is 6.70. The Kier molecular flexibility index (Phi) is 4.54. The number of carbonyl (C=O) groups excluding carboxylic acids is 1. The van der Waals surface area contributed by atoms with E-state index in [-0.39, 0.29) is 11.8 Å². The maximum atomic E-state index is 11.8. The van der Waals surface area contributed by atoms with Crippen molar-refractivity contribution in [2.75, 3.05) is 13.2 Å². The number of amides is 1. The third-order valence-corrected chi connectivity index (χ3v) is 4.61. The molecule has 1 amide bonds. The third-order valence-electron chi connectivity index (χ3n) is 3.78. The lowest BCUT2D eigenvalue weighted by Gasteiger charge is -2.22. The van der Waals surface area contributed by atoms with E-state index in [1.165, 1.54) is 0 Å². The fourth-order valence-electron chi connectivity index (χ4n) is 2.69. The van der Waals surface area contributed by atoms with E-state index in [1.807, 2.05) is 23.4 Å². The summed E-state index contributed by atoms with van der Waals surface area (Å²) in [5.74, 6) is 1.28. The van der Waals surface area contributed by atoms with Gasteiger partial charge < -0.3 is 14.2 Å². The minimum absolute atomic E-state index is 0.0802. The summed E-state index contributed by atoms with van der Waals surface area (Å²) >= 11 is 1.63. The molecule has 0 spiro atoms. The highest BCUT2D eigenvalue weighted by Crippen LogP contribution is 2.17. The summed E-state index contributed by atoms with van der Waals surface area (Å²) in [5, 5.41) is 3.08. The van der Waals surface area contributed by atoms with Crippen molar-refractivity contribution in [3.05, 3.63) is 34.3 Å². The Bertz CT molecular complexity index is 652. The summed E-state index contributed by atoms with van der Waals surface area (Å²) in [7, 11) is 0. The van der Waals surface area contributed by atoms with Gasteiger partial charge in [-0.3, -0.25) is 4.79 Å². The van der Waals surface area contributed by atoms with E-state index in [0.717, 1.165) is 23.1 Å². The number of nitrogens with zero attached hydrogens (tertiary/aromatic N) is 4. The van der Waals surface area contributed by atoms with Crippen LogP contribution in [0.3, 0.4) is 0 Å². The van der Waals surface area contributed by atoms with Gasteiger partial charge in [-0.25, -0.2) is 9.97 Å². The molecule has 22 heavy (non-hydrogen) atoms. The number of aromatic nitrogens is 3. The number of hydrogen-bond donors (Lipinski definition) is 0. The van der Waals surface area contributed by atoms with E-state index in [4.69, 9.17) is 4.74 Å². The molecule has 0 aromatic carbocycles. The maximum Gasteiger partial charge on any atom is 0.219 e. The Morgan fingerprint density at radius 3 is 3.09 bits per heavy atom. The van der Waals surface area contributed by atoms with Gasteiger partial charge in [-0.15, -0.1) is 11.3 Å². The highest BCUT2D eigenvalue weighted by atomic mass is 32.1. The summed E-state index contributed by atoms with van der Waals surface area (Å²) in [6, 6.07) is 0. The normalized spacial score (nSPS) is 18.1. The van der Waals surface area contributed by atoms with Gasteiger partial charge in [0.15, 0.2) is 0 Å². The van der Waals surface area contributed by atoms with Crippen molar-refractivity contribution < 1.29 is 9.53 Å². The number of rotatable bonds is 4. The second kappa shape index (κ2) is 6.58. The molecule has 7 heteroatoms. The first-order valence-electron chi connectivity index (χ1n) is 7.36. The van der Waals surface area contributed by atoms with Crippen LogP contribution in [0.15, 0.2) is 17.8 Å². The van der Waals surface area contributed by atoms with Gasteiger partial charge >= 0.3 is 0 Å². The van der Waals surface area contributed by atoms with E-state index < -0.39 is 0 Å². The molecule has 6 nitrogen and oxygen atoms in total. The van der Waals surface area contributed by atoms with Crippen molar-refractivity contribution in [3.63, 3.8) is 0 Å². The van der Waals surface area contributed by atoms with Crippen molar-refractivity contribution >= 4 is 17.2 Å². The average molecular weight is 320 g/mol. The predicted molar refractivity (Wildman–Crippen MR) is 83.3 cm³/mol. The lowest BCUT2D eigenvalue weighted by Crippen LogP contribution is -2.33. The van der Waals surface area contributed by atoms with Crippen molar-refractivity contribution in [2.45, 2.75) is 33.5 Å². The zero-order chi connectivity index (χ0) is 15.5.